The SMILES string of the molecule is [C-]#[N+]c1cccc(C#N)c1-c1cccc2sc3ccc(-c4ccc5ccc6ccc(-c7ccccc7)nc6c5n4)cc3c12. The second kappa shape index (κ2) is 9.89. The molecule has 8 aromatic rings. The number of thiophene rings is 1. The van der Waals surface area contributed by atoms with Gasteiger partial charge in [-0.05, 0) is 42.0 Å². The van der Waals surface area contributed by atoms with Gasteiger partial charge in [-0.25, -0.2) is 14.8 Å². The van der Waals surface area contributed by atoms with E-state index in [1.165, 1.54) is 0 Å². The van der Waals surface area contributed by atoms with E-state index in [-0.39, 0.29) is 0 Å². The summed E-state index contributed by atoms with van der Waals surface area (Å²) >= 11 is 1.71. The highest BCUT2D eigenvalue weighted by Gasteiger charge is 2.18. The highest BCUT2D eigenvalue weighted by molar-refractivity contribution is 7.26. The van der Waals surface area contributed by atoms with Crippen LogP contribution >= 0.6 is 11.3 Å². The van der Waals surface area contributed by atoms with Gasteiger partial charge < -0.3 is 0 Å². The van der Waals surface area contributed by atoms with Gasteiger partial charge in [0.1, 0.15) is 0 Å². The first-order valence-electron chi connectivity index (χ1n) is 13.8. The Morgan fingerprint density at radius 3 is 2.07 bits per heavy atom. The predicted octanol–water partition coefficient (Wildman–Crippen LogP) is 10.6. The molecule has 0 aliphatic carbocycles. The first kappa shape index (κ1) is 24.9. The Balaban J connectivity index is 1.34. The summed E-state index contributed by atoms with van der Waals surface area (Å²) in [5, 5.41) is 14.1. The quantitative estimate of drug-likeness (QED) is 0.158. The molecule has 0 saturated heterocycles. The molecule has 0 spiro atoms. The predicted molar refractivity (Wildman–Crippen MR) is 177 cm³/mol. The van der Waals surface area contributed by atoms with Gasteiger partial charge in [0.05, 0.1) is 35.1 Å². The monoisotopic (exact) mass is 564 g/mol. The lowest BCUT2D eigenvalue weighted by Gasteiger charge is -2.10. The largest absolute Gasteiger partial charge is 0.245 e. The van der Waals surface area contributed by atoms with Crippen LogP contribution in [-0.2, 0) is 0 Å². The van der Waals surface area contributed by atoms with Gasteiger partial charge >= 0.3 is 0 Å². The highest BCUT2D eigenvalue weighted by Crippen LogP contribution is 2.44. The average molecular weight is 565 g/mol. The molecule has 3 heterocycles. The summed E-state index contributed by atoms with van der Waals surface area (Å²) in [6.45, 7) is 7.78. The molecule has 0 saturated carbocycles. The van der Waals surface area contributed by atoms with Crippen LogP contribution < -0.4 is 0 Å². The Morgan fingerprint density at radius 1 is 0.651 bits per heavy atom. The fraction of sp³-hybridized carbons (Fsp3) is 0. The molecule has 0 aliphatic rings. The zero-order valence-corrected chi connectivity index (χ0v) is 23.6. The Morgan fingerprint density at radius 2 is 1.35 bits per heavy atom. The number of pyridine rings is 2. The van der Waals surface area contributed by atoms with Gasteiger partial charge in [0.2, 0.25) is 0 Å². The van der Waals surface area contributed by atoms with Gasteiger partial charge in [-0.3, -0.25) is 0 Å². The number of hydrogen-bond acceptors (Lipinski definition) is 4. The third kappa shape index (κ3) is 4.03. The van der Waals surface area contributed by atoms with Crippen molar-refractivity contribution in [3.8, 4) is 39.7 Å². The molecule has 0 fully saturated rings. The molecule has 0 unspecified atom stereocenters. The lowest BCUT2D eigenvalue weighted by Crippen LogP contribution is -1.91. The summed E-state index contributed by atoms with van der Waals surface area (Å²) in [6.07, 6.45) is 0. The van der Waals surface area contributed by atoms with Crippen LogP contribution in [0.2, 0.25) is 0 Å². The van der Waals surface area contributed by atoms with E-state index in [1.54, 1.807) is 29.5 Å². The maximum Gasteiger partial charge on any atom is 0.196 e. The molecule has 0 atom stereocenters. The summed E-state index contributed by atoms with van der Waals surface area (Å²) in [4.78, 5) is 14.0. The van der Waals surface area contributed by atoms with E-state index < -0.39 is 0 Å². The van der Waals surface area contributed by atoms with E-state index in [2.05, 4.69) is 83.7 Å². The van der Waals surface area contributed by atoms with Crippen molar-refractivity contribution >= 4 is 59.0 Å². The number of nitriles is 1. The number of nitrogens with zero attached hydrogens (tertiary/aromatic N) is 4. The van der Waals surface area contributed by atoms with Crippen molar-refractivity contribution in [1.82, 2.24) is 9.97 Å². The number of rotatable bonds is 3. The molecule has 5 aromatic carbocycles. The fourth-order valence-electron chi connectivity index (χ4n) is 5.90. The van der Waals surface area contributed by atoms with Crippen LogP contribution in [0.1, 0.15) is 5.56 Å². The number of benzene rings is 5. The third-order valence-corrected chi connectivity index (χ3v) is 9.07. The molecule has 8 rings (SSSR count). The fourth-order valence-corrected chi connectivity index (χ4v) is 7.01. The zero-order valence-electron chi connectivity index (χ0n) is 22.7. The minimum absolute atomic E-state index is 0.479. The maximum absolute atomic E-state index is 9.91. The van der Waals surface area contributed by atoms with Gasteiger partial charge in [0, 0.05) is 53.2 Å². The standard InChI is InChI=1S/C38H20N4S/c1-40-32-11-5-9-27(22-39)35(32)28-10-6-12-34-36(28)29-21-26(17-20-33(29)43-34)31-19-16-25-14-13-24-15-18-30(23-7-3-2-4-8-23)41-37(24)38(25)42-31/h2-21H. The van der Waals surface area contributed by atoms with Gasteiger partial charge in [-0.1, -0.05) is 84.9 Å². The van der Waals surface area contributed by atoms with Crippen LogP contribution in [0.4, 0.5) is 5.69 Å². The van der Waals surface area contributed by atoms with Gasteiger partial charge in [0.15, 0.2) is 5.69 Å². The zero-order chi connectivity index (χ0) is 28.9. The van der Waals surface area contributed by atoms with Crippen molar-refractivity contribution in [3.05, 3.63) is 138 Å². The van der Waals surface area contributed by atoms with Crippen LogP contribution in [-0.4, -0.2) is 9.97 Å². The highest BCUT2D eigenvalue weighted by atomic mass is 32.1. The van der Waals surface area contributed by atoms with Gasteiger partial charge in [0.25, 0.3) is 0 Å². The van der Waals surface area contributed by atoms with Crippen LogP contribution in [0.5, 0.6) is 0 Å². The number of hydrogen-bond donors (Lipinski definition) is 0. The molecule has 198 valence electrons. The molecular weight excluding hydrogens is 545 g/mol. The minimum atomic E-state index is 0.479. The van der Waals surface area contributed by atoms with Crippen molar-refractivity contribution in [2.75, 3.05) is 0 Å². The van der Waals surface area contributed by atoms with E-state index in [0.29, 0.717) is 16.8 Å². The van der Waals surface area contributed by atoms with Crippen LogP contribution in [0.25, 0.3) is 80.5 Å². The number of fused-ring (bicyclic) bond motifs is 6. The molecule has 0 radical (unpaired) electrons. The normalized spacial score (nSPS) is 11.2. The van der Waals surface area contributed by atoms with E-state index in [9.17, 15) is 5.26 Å². The van der Waals surface area contributed by atoms with Crippen molar-refractivity contribution in [2.45, 2.75) is 0 Å². The summed E-state index contributed by atoms with van der Waals surface area (Å²) in [5.74, 6) is 0. The lowest BCUT2D eigenvalue weighted by atomic mass is 9.94. The Hall–Kier alpha value is -5.88. The van der Waals surface area contributed by atoms with E-state index in [0.717, 1.165) is 70.1 Å². The second-order valence-electron chi connectivity index (χ2n) is 10.4. The average Bonchev–Trinajstić information content (AvgIpc) is 3.46. The van der Waals surface area contributed by atoms with Crippen molar-refractivity contribution in [1.29, 1.82) is 5.26 Å². The molecule has 43 heavy (non-hydrogen) atoms. The summed E-state index contributed by atoms with van der Waals surface area (Å²) < 4.78 is 2.26. The maximum atomic E-state index is 9.91. The topological polar surface area (TPSA) is 53.9 Å². The van der Waals surface area contributed by atoms with Crippen LogP contribution in [0.3, 0.4) is 0 Å². The van der Waals surface area contributed by atoms with E-state index in [4.69, 9.17) is 16.5 Å². The second-order valence-corrected chi connectivity index (χ2v) is 11.5. The Bertz CT molecular complexity index is 2450. The Kier molecular flexibility index (Phi) is 5.72. The van der Waals surface area contributed by atoms with Crippen LogP contribution in [0.15, 0.2) is 121 Å². The molecule has 0 bridgehead atoms. The molecule has 4 nitrogen and oxygen atoms in total. The first-order chi connectivity index (χ1) is 21.2. The summed E-state index contributed by atoms with van der Waals surface area (Å²) in [6, 6.07) is 43.0. The lowest BCUT2D eigenvalue weighted by molar-refractivity contribution is 1.37. The van der Waals surface area contributed by atoms with Gasteiger partial charge in [-0.2, -0.15) is 5.26 Å². The van der Waals surface area contributed by atoms with Crippen LogP contribution in [0, 0.1) is 17.9 Å². The summed E-state index contributed by atoms with van der Waals surface area (Å²) in [5.41, 5.74) is 8.17. The third-order valence-electron chi connectivity index (χ3n) is 7.93. The Labute approximate surface area is 251 Å². The smallest absolute Gasteiger partial charge is 0.196 e. The molecule has 3 aromatic heterocycles. The molecule has 5 heteroatoms. The molecule has 0 aliphatic heterocycles. The van der Waals surface area contributed by atoms with Crippen molar-refractivity contribution in [3.63, 3.8) is 0 Å². The molecule has 0 N–H and O–H groups in total. The van der Waals surface area contributed by atoms with E-state index >= 15 is 0 Å². The van der Waals surface area contributed by atoms with Crippen molar-refractivity contribution in [2.24, 2.45) is 0 Å². The summed E-state index contributed by atoms with van der Waals surface area (Å²) in [7, 11) is 0. The molecular formula is C38H20N4S. The first-order valence-corrected chi connectivity index (χ1v) is 14.7. The van der Waals surface area contributed by atoms with Crippen molar-refractivity contribution < 1.29 is 0 Å². The number of aromatic nitrogens is 2. The van der Waals surface area contributed by atoms with Gasteiger partial charge in [-0.15, -0.1) is 11.3 Å². The molecule has 0 amide bonds. The minimum Gasteiger partial charge on any atom is -0.245 e. The van der Waals surface area contributed by atoms with E-state index in [1.807, 2.05) is 30.3 Å².